The third-order valence-corrected chi connectivity index (χ3v) is 11.3. The second-order valence-electron chi connectivity index (χ2n) is 16.8. The average Bonchev–Trinajstić information content (AvgIpc) is 3.18. The van der Waals surface area contributed by atoms with E-state index in [4.69, 9.17) is 4.74 Å². The number of carbonyl (C=O) groups excluding carboxylic acids is 2. The minimum Gasteiger partial charge on any atom is -0.466 e. The number of aliphatic hydroxyl groups excluding tert-OH is 2. The number of amides is 1. The molecule has 3 N–H and O–H groups in total. The third-order valence-electron chi connectivity index (χ3n) is 11.3. The molecule has 0 aliphatic carbocycles. The quantitative estimate of drug-likeness (QED) is 0.0325. The van der Waals surface area contributed by atoms with E-state index in [1.54, 1.807) is 6.08 Å². The van der Waals surface area contributed by atoms with Crippen LogP contribution < -0.4 is 5.32 Å². The largest absolute Gasteiger partial charge is 0.466 e. The second-order valence-corrected chi connectivity index (χ2v) is 16.8. The number of ether oxygens (including phenoxy) is 1. The molecule has 2 atom stereocenters. The van der Waals surface area contributed by atoms with Crippen molar-refractivity contribution >= 4 is 11.9 Å². The van der Waals surface area contributed by atoms with Crippen LogP contribution in [0.25, 0.3) is 0 Å². The summed E-state index contributed by atoms with van der Waals surface area (Å²) in [6.45, 7) is 4.86. The van der Waals surface area contributed by atoms with Crippen molar-refractivity contribution in [3.8, 4) is 0 Å². The van der Waals surface area contributed by atoms with Crippen molar-refractivity contribution < 1.29 is 24.5 Å². The molecule has 0 bridgehead atoms. The maximum absolute atomic E-state index is 12.4. The fraction of sp³-hybridized carbons (Fsp3) is 0.918. The molecule has 0 aliphatic rings. The predicted molar refractivity (Wildman–Crippen MR) is 237 cm³/mol. The maximum atomic E-state index is 12.4. The molecule has 0 aliphatic heterocycles. The summed E-state index contributed by atoms with van der Waals surface area (Å²) >= 11 is 0. The van der Waals surface area contributed by atoms with Gasteiger partial charge in [-0.3, -0.25) is 9.59 Å². The molecule has 2 unspecified atom stereocenters. The molecule has 55 heavy (non-hydrogen) atoms. The van der Waals surface area contributed by atoms with Crippen molar-refractivity contribution in [1.82, 2.24) is 5.32 Å². The van der Waals surface area contributed by atoms with E-state index in [1.165, 1.54) is 180 Å². The number of hydrogen-bond donors (Lipinski definition) is 3. The van der Waals surface area contributed by atoms with Gasteiger partial charge in [0.05, 0.1) is 25.4 Å². The topological polar surface area (TPSA) is 95.9 Å². The van der Waals surface area contributed by atoms with Crippen LogP contribution in [-0.2, 0) is 14.3 Å². The summed E-state index contributed by atoms with van der Waals surface area (Å²) in [6.07, 6.45) is 50.5. The molecule has 0 saturated heterocycles. The molecule has 6 heteroatoms. The first-order valence-electron chi connectivity index (χ1n) is 24.5. The molecule has 0 saturated carbocycles. The second kappa shape index (κ2) is 45.3. The molecule has 0 rings (SSSR count). The van der Waals surface area contributed by atoms with Crippen molar-refractivity contribution in [3.63, 3.8) is 0 Å². The zero-order chi connectivity index (χ0) is 40.1. The van der Waals surface area contributed by atoms with Gasteiger partial charge in [0.15, 0.2) is 0 Å². The lowest BCUT2D eigenvalue weighted by Gasteiger charge is -2.20. The van der Waals surface area contributed by atoms with Crippen LogP contribution in [-0.4, -0.2) is 47.4 Å². The first kappa shape index (κ1) is 53.6. The summed E-state index contributed by atoms with van der Waals surface area (Å²) in [6, 6.07) is -0.637. The molecule has 0 radical (unpaired) electrons. The van der Waals surface area contributed by atoms with Crippen molar-refractivity contribution in [2.45, 2.75) is 276 Å². The number of aliphatic hydroxyl groups is 2. The Morgan fingerprint density at radius 2 is 0.836 bits per heavy atom. The molecule has 0 heterocycles. The molecular formula is C49H95NO5. The monoisotopic (exact) mass is 778 g/mol. The predicted octanol–water partition coefficient (Wildman–Crippen LogP) is 14.2. The minimum absolute atomic E-state index is 0.00949. The van der Waals surface area contributed by atoms with Crippen LogP contribution in [0.2, 0.25) is 0 Å². The number of allylic oxidation sites excluding steroid dienone is 1. The molecule has 0 aromatic rings. The zero-order valence-corrected chi connectivity index (χ0v) is 36.9. The highest BCUT2D eigenvalue weighted by molar-refractivity contribution is 5.76. The Labute approximate surface area is 342 Å². The van der Waals surface area contributed by atoms with E-state index in [0.717, 1.165) is 57.8 Å². The molecule has 1 amide bonds. The van der Waals surface area contributed by atoms with Gasteiger partial charge >= 0.3 is 5.97 Å². The lowest BCUT2D eigenvalue weighted by atomic mass is 10.0. The SMILES string of the molecule is CCCCCCCCCCCCC/C=C/C(O)C(CO)NC(=O)CCCCCCCCCCCCCCOC(=O)CCCCCCCCCCCCCCC. The van der Waals surface area contributed by atoms with Gasteiger partial charge in [-0.2, -0.15) is 0 Å². The highest BCUT2D eigenvalue weighted by Gasteiger charge is 2.18. The first-order chi connectivity index (χ1) is 27.0. The standard InChI is InChI=1S/C49H95NO5/c1-3-5-7-9-11-13-15-17-21-25-29-33-37-41-47(52)46(45-51)50-48(53)42-38-34-30-26-22-19-20-24-28-32-36-40-44-55-49(54)43-39-35-31-27-23-18-16-14-12-10-8-6-4-2/h37,41,46-47,51-52H,3-36,38-40,42-45H2,1-2H3,(H,50,53)/b41-37+. The highest BCUT2D eigenvalue weighted by atomic mass is 16.5. The molecule has 0 fully saturated rings. The van der Waals surface area contributed by atoms with Crippen molar-refractivity contribution in [3.05, 3.63) is 12.2 Å². The number of rotatable bonds is 45. The van der Waals surface area contributed by atoms with Crippen molar-refractivity contribution in [2.24, 2.45) is 0 Å². The van der Waals surface area contributed by atoms with Gasteiger partial charge in [-0.25, -0.2) is 0 Å². The summed E-state index contributed by atoms with van der Waals surface area (Å²) < 4.78 is 5.45. The number of hydrogen-bond acceptors (Lipinski definition) is 5. The van der Waals surface area contributed by atoms with Gasteiger partial charge in [0, 0.05) is 12.8 Å². The van der Waals surface area contributed by atoms with Gasteiger partial charge in [-0.1, -0.05) is 231 Å². The zero-order valence-electron chi connectivity index (χ0n) is 36.9. The summed E-state index contributed by atoms with van der Waals surface area (Å²) in [5, 5.41) is 23.0. The number of esters is 1. The van der Waals surface area contributed by atoms with Crippen LogP contribution in [0.4, 0.5) is 0 Å². The Morgan fingerprint density at radius 3 is 1.24 bits per heavy atom. The van der Waals surface area contributed by atoms with E-state index in [-0.39, 0.29) is 18.5 Å². The molecule has 326 valence electrons. The van der Waals surface area contributed by atoms with Crippen LogP contribution in [0.1, 0.15) is 264 Å². The van der Waals surface area contributed by atoms with Gasteiger partial charge < -0.3 is 20.3 Å². The molecule has 0 spiro atoms. The van der Waals surface area contributed by atoms with E-state index in [1.807, 2.05) is 6.08 Å². The minimum atomic E-state index is -0.852. The Balaban J connectivity index is 3.48. The van der Waals surface area contributed by atoms with Crippen LogP contribution in [0.5, 0.6) is 0 Å². The van der Waals surface area contributed by atoms with Gasteiger partial charge in [-0.05, 0) is 32.1 Å². The Bertz CT molecular complexity index is 817. The normalized spacial score (nSPS) is 12.7. The van der Waals surface area contributed by atoms with E-state index < -0.39 is 12.1 Å². The summed E-state index contributed by atoms with van der Waals surface area (Å²) in [5.74, 6) is -0.0928. The van der Waals surface area contributed by atoms with Crippen LogP contribution in [0, 0.1) is 0 Å². The summed E-state index contributed by atoms with van der Waals surface area (Å²) in [5.41, 5.74) is 0. The smallest absolute Gasteiger partial charge is 0.305 e. The van der Waals surface area contributed by atoms with Gasteiger partial charge in [0.25, 0.3) is 0 Å². The molecular weight excluding hydrogens is 683 g/mol. The Kier molecular flexibility index (Phi) is 44.2. The molecule has 0 aromatic carbocycles. The third kappa shape index (κ3) is 42.0. The first-order valence-corrected chi connectivity index (χ1v) is 24.5. The van der Waals surface area contributed by atoms with Crippen LogP contribution in [0.3, 0.4) is 0 Å². The van der Waals surface area contributed by atoms with Crippen molar-refractivity contribution in [1.29, 1.82) is 0 Å². The van der Waals surface area contributed by atoms with E-state index >= 15 is 0 Å². The lowest BCUT2D eigenvalue weighted by Crippen LogP contribution is -2.45. The highest BCUT2D eigenvalue weighted by Crippen LogP contribution is 2.16. The average molecular weight is 778 g/mol. The van der Waals surface area contributed by atoms with Gasteiger partial charge in [0.1, 0.15) is 0 Å². The molecule has 6 nitrogen and oxygen atoms in total. The number of carbonyl (C=O) groups is 2. The maximum Gasteiger partial charge on any atom is 0.305 e. The van der Waals surface area contributed by atoms with Gasteiger partial charge in [0.2, 0.25) is 5.91 Å². The van der Waals surface area contributed by atoms with Crippen molar-refractivity contribution in [2.75, 3.05) is 13.2 Å². The fourth-order valence-electron chi connectivity index (χ4n) is 7.51. The van der Waals surface area contributed by atoms with Crippen LogP contribution >= 0.6 is 0 Å². The van der Waals surface area contributed by atoms with Crippen LogP contribution in [0.15, 0.2) is 12.2 Å². The number of unbranched alkanes of at least 4 members (excludes halogenated alkanes) is 34. The lowest BCUT2D eigenvalue weighted by molar-refractivity contribution is -0.143. The fourth-order valence-corrected chi connectivity index (χ4v) is 7.51. The van der Waals surface area contributed by atoms with E-state index in [2.05, 4.69) is 19.2 Å². The molecule has 0 aromatic heterocycles. The Hall–Kier alpha value is -1.40. The van der Waals surface area contributed by atoms with Gasteiger partial charge in [-0.15, -0.1) is 0 Å². The number of nitrogens with one attached hydrogen (secondary N) is 1. The van der Waals surface area contributed by atoms with E-state index in [0.29, 0.717) is 19.4 Å². The summed E-state index contributed by atoms with van der Waals surface area (Å²) in [4.78, 5) is 24.4. The Morgan fingerprint density at radius 1 is 0.491 bits per heavy atom. The van der Waals surface area contributed by atoms with E-state index in [9.17, 15) is 19.8 Å². The summed E-state index contributed by atoms with van der Waals surface area (Å²) in [7, 11) is 0.